The number of carbonyl (C=O) groups is 1. The van der Waals surface area contributed by atoms with E-state index in [-0.39, 0.29) is 11.3 Å². The molecule has 4 heteroatoms. The molecule has 1 aromatic carbocycles. The Labute approximate surface area is 129 Å². The number of carbonyl (C=O) groups excluding carboxylic acids is 1. The van der Waals surface area contributed by atoms with Crippen LogP contribution in [0, 0.1) is 0 Å². The molecule has 0 bridgehead atoms. The van der Waals surface area contributed by atoms with Crippen LogP contribution in [0.1, 0.15) is 35.1 Å². The second kappa shape index (κ2) is 5.53. The molecule has 110 valence electrons. The summed E-state index contributed by atoms with van der Waals surface area (Å²) in [6.07, 6.45) is 2.90. The van der Waals surface area contributed by atoms with Crippen LogP contribution in [-0.2, 0) is 23.2 Å². The van der Waals surface area contributed by atoms with Crippen molar-refractivity contribution in [3.8, 4) is 0 Å². The van der Waals surface area contributed by atoms with Gasteiger partial charge in [0.05, 0.1) is 12.0 Å². The zero-order chi connectivity index (χ0) is 14.9. The molecule has 0 radical (unpaired) electrons. The highest BCUT2D eigenvalue weighted by molar-refractivity contribution is 7.11. The Morgan fingerprint density at radius 2 is 1.86 bits per heavy atom. The highest BCUT2D eigenvalue weighted by Crippen LogP contribution is 2.48. The minimum atomic E-state index is -0.321. The normalized spacial score (nSPS) is 15.7. The van der Waals surface area contributed by atoms with Gasteiger partial charge in [-0.25, -0.2) is 0 Å². The lowest BCUT2D eigenvalue weighted by Crippen LogP contribution is -2.34. The quantitative estimate of drug-likeness (QED) is 0.833. The van der Waals surface area contributed by atoms with E-state index in [9.17, 15) is 4.79 Å². The number of hydrogen-bond acceptors (Lipinski definition) is 3. The maximum absolute atomic E-state index is 12.5. The summed E-state index contributed by atoms with van der Waals surface area (Å²) < 4.78 is 0. The van der Waals surface area contributed by atoms with Crippen molar-refractivity contribution >= 4 is 22.9 Å². The van der Waals surface area contributed by atoms with E-state index in [4.69, 9.17) is 5.73 Å². The zero-order valence-corrected chi connectivity index (χ0v) is 13.0. The third kappa shape index (κ3) is 2.81. The predicted octanol–water partition coefficient (Wildman–Crippen LogP) is 3.24. The van der Waals surface area contributed by atoms with Crippen LogP contribution in [0.4, 0.5) is 5.69 Å². The number of anilines is 1. The van der Waals surface area contributed by atoms with E-state index in [1.165, 1.54) is 9.75 Å². The maximum atomic E-state index is 12.5. The topological polar surface area (TPSA) is 55.1 Å². The Bertz CT molecular complexity index is 641. The van der Waals surface area contributed by atoms with E-state index < -0.39 is 0 Å². The van der Waals surface area contributed by atoms with E-state index in [0.29, 0.717) is 6.54 Å². The summed E-state index contributed by atoms with van der Waals surface area (Å²) in [7, 11) is 0. The summed E-state index contributed by atoms with van der Waals surface area (Å²) in [6, 6.07) is 11.9. The van der Waals surface area contributed by atoms with Gasteiger partial charge in [0.25, 0.3) is 0 Å². The summed E-state index contributed by atoms with van der Waals surface area (Å²) >= 11 is 1.77. The van der Waals surface area contributed by atoms with Gasteiger partial charge in [0.15, 0.2) is 0 Å². The number of amides is 1. The van der Waals surface area contributed by atoms with Gasteiger partial charge in [-0.3, -0.25) is 4.79 Å². The molecule has 0 unspecified atom stereocenters. The average molecular weight is 300 g/mol. The first-order valence-corrected chi connectivity index (χ1v) is 8.17. The minimum Gasteiger partial charge on any atom is -0.399 e. The molecule has 0 saturated heterocycles. The number of aryl methyl sites for hydroxylation is 1. The van der Waals surface area contributed by atoms with Crippen molar-refractivity contribution < 1.29 is 4.79 Å². The zero-order valence-electron chi connectivity index (χ0n) is 12.2. The van der Waals surface area contributed by atoms with E-state index in [0.717, 1.165) is 30.5 Å². The summed E-state index contributed by atoms with van der Waals surface area (Å²) in [4.78, 5) is 15.1. The standard InChI is InChI=1S/C17H20N2OS/c1-2-14-7-8-15(21-14)11-19-16(20)17(9-10-17)12-3-5-13(18)6-4-12/h3-8H,2,9-11,18H2,1H3,(H,19,20). The molecule has 1 aliphatic rings. The molecule has 3 N–H and O–H groups in total. The van der Waals surface area contributed by atoms with Crippen LogP contribution in [0.3, 0.4) is 0 Å². The van der Waals surface area contributed by atoms with E-state index in [1.54, 1.807) is 11.3 Å². The van der Waals surface area contributed by atoms with E-state index >= 15 is 0 Å². The highest BCUT2D eigenvalue weighted by atomic mass is 32.1. The molecule has 0 aliphatic heterocycles. The van der Waals surface area contributed by atoms with Gasteiger partial charge in [0.2, 0.25) is 5.91 Å². The minimum absolute atomic E-state index is 0.138. The molecule has 3 nitrogen and oxygen atoms in total. The second-order valence-electron chi connectivity index (χ2n) is 5.61. The van der Waals surface area contributed by atoms with Gasteiger partial charge in [-0.15, -0.1) is 11.3 Å². The van der Waals surface area contributed by atoms with Gasteiger partial charge in [0.1, 0.15) is 0 Å². The first-order chi connectivity index (χ1) is 10.1. The molecule has 2 aromatic rings. The Balaban J connectivity index is 1.66. The van der Waals surface area contributed by atoms with Crippen molar-refractivity contribution in [1.82, 2.24) is 5.32 Å². The van der Waals surface area contributed by atoms with Gasteiger partial charge in [-0.1, -0.05) is 19.1 Å². The summed E-state index contributed by atoms with van der Waals surface area (Å²) in [5.74, 6) is 0.138. The van der Waals surface area contributed by atoms with E-state index in [2.05, 4.69) is 24.4 Å². The number of nitrogen functional groups attached to an aromatic ring is 1. The summed E-state index contributed by atoms with van der Waals surface area (Å²) in [6.45, 7) is 2.77. The monoisotopic (exact) mass is 300 g/mol. The fraction of sp³-hybridized carbons (Fsp3) is 0.353. The fourth-order valence-corrected chi connectivity index (χ4v) is 3.52. The molecule has 21 heavy (non-hydrogen) atoms. The van der Waals surface area contributed by atoms with Gasteiger partial charge < -0.3 is 11.1 Å². The van der Waals surface area contributed by atoms with Crippen LogP contribution in [0.15, 0.2) is 36.4 Å². The van der Waals surface area contributed by atoms with Crippen LogP contribution in [0.2, 0.25) is 0 Å². The average Bonchev–Trinajstić information content (AvgIpc) is 3.18. The molecule has 1 aliphatic carbocycles. The Morgan fingerprint density at radius 3 is 2.43 bits per heavy atom. The lowest BCUT2D eigenvalue weighted by molar-refractivity contribution is -0.123. The van der Waals surface area contributed by atoms with Crippen LogP contribution in [0.5, 0.6) is 0 Å². The smallest absolute Gasteiger partial charge is 0.230 e. The molecule has 0 spiro atoms. The highest BCUT2D eigenvalue weighted by Gasteiger charge is 2.51. The molecular formula is C17H20N2OS. The molecule has 3 rings (SSSR count). The maximum Gasteiger partial charge on any atom is 0.230 e. The Kier molecular flexibility index (Phi) is 3.72. The van der Waals surface area contributed by atoms with Crippen molar-refractivity contribution in [2.24, 2.45) is 0 Å². The van der Waals surface area contributed by atoms with Crippen molar-refractivity contribution in [3.63, 3.8) is 0 Å². The number of hydrogen-bond donors (Lipinski definition) is 2. The number of nitrogens with one attached hydrogen (secondary N) is 1. The molecule has 1 heterocycles. The van der Waals surface area contributed by atoms with Crippen LogP contribution < -0.4 is 11.1 Å². The molecule has 1 aromatic heterocycles. The van der Waals surface area contributed by atoms with Gasteiger partial charge in [-0.05, 0) is 49.1 Å². The molecule has 1 fully saturated rings. The lowest BCUT2D eigenvalue weighted by Gasteiger charge is -2.15. The largest absolute Gasteiger partial charge is 0.399 e. The number of nitrogens with two attached hydrogens (primary N) is 1. The number of rotatable bonds is 5. The molecular weight excluding hydrogens is 280 g/mol. The Hall–Kier alpha value is -1.81. The predicted molar refractivity (Wildman–Crippen MR) is 87.3 cm³/mol. The van der Waals surface area contributed by atoms with Gasteiger partial charge in [0, 0.05) is 15.4 Å². The molecule has 1 amide bonds. The third-order valence-electron chi connectivity index (χ3n) is 4.14. The number of thiophene rings is 1. The van der Waals surface area contributed by atoms with Crippen molar-refractivity contribution in [2.75, 3.05) is 5.73 Å². The van der Waals surface area contributed by atoms with Crippen LogP contribution in [0.25, 0.3) is 0 Å². The third-order valence-corrected chi connectivity index (χ3v) is 5.37. The summed E-state index contributed by atoms with van der Waals surface area (Å²) in [5, 5.41) is 3.09. The first kappa shape index (κ1) is 14.1. The van der Waals surface area contributed by atoms with Crippen LogP contribution in [-0.4, -0.2) is 5.91 Å². The van der Waals surface area contributed by atoms with Crippen molar-refractivity contribution in [3.05, 3.63) is 51.7 Å². The van der Waals surface area contributed by atoms with Gasteiger partial charge in [-0.2, -0.15) is 0 Å². The first-order valence-electron chi connectivity index (χ1n) is 7.36. The fourth-order valence-electron chi connectivity index (χ4n) is 2.62. The molecule has 1 saturated carbocycles. The van der Waals surface area contributed by atoms with E-state index in [1.807, 2.05) is 24.3 Å². The van der Waals surface area contributed by atoms with Crippen LogP contribution >= 0.6 is 11.3 Å². The molecule has 0 atom stereocenters. The summed E-state index contributed by atoms with van der Waals surface area (Å²) in [5.41, 5.74) is 7.21. The van der Waals surface area contributed by atoms with Gasteiger partial charge >= 0.3 is 0 Å². The second-order valence-corrected chi connectivity index (χ2v) is 6.86. The number of benzene rings is 1. The Morgan fingerprint density at radius 1 is 1.19 bits per heavy atom. The van der Waals surface area contributed by atoms with Crippen molar-refractivity contribution in [2.45, 2.75) is 38.1 Å². The SMILES string of the molecule is CCc1ccc(CNC(=O)C2(c3ccc(N)cc3)CC2)s1. The van der Waals surface area contributed by atoms with Crippen molar-refractivity contribution in [1.29, 1.82) is 0 Å². The lowest BCUT2D eigenvalue weighted by atomic mass is 9.95.